The summed E-state index contributed by atoms with van der Waals surface area (Å²) in [5, 5.41) is 6.47. The van der Waals surface area contributed by atoms with E-state index in [9.17, 15) is 4.79 Å². The third kappa shape index (κ3) is 4.53. The van der Waals surface area contributed by atoms with Crippen molar-refractivity contribution < 1.29 is 9.53 Å². The van der Waals surface area contributed by atoms with Gasteiger partial charge in [-0.1, -0.05) is 48.0 Å². The molecule has 3 aromatic carbocycles. The van der Waals surface area contributed by atoms with Crippen LogP contribution < -0.4 is 10.1 Å². The zero-order valence-electron chi connectivity index (χ0n) is 16.3. The molecule has 0 saturated carbocycles. The SMILES string of the molecule is CCOc1cccc(C(=O)Nc2cccc(-c3csc(-c4ccccc4Cl)n3)c2)c1. The van der Waals surface area contributed by atoms with E-state index in [0.717, 1.165) is 21.8 Å². The molecule has 30 heavy (non-hydrogen) atoms. The number of hydrogen-bond donors (Lipinski definition) is 1. The van der Waals surface area contributed by atoms with Gasteiger partial charge in [-0.15, -0.1) is 11.3 Å². The van der Waals surface area contributed by atoms with E-state index in [1.54, 1.807) is 12.1 Å². The second kappa shape index (κ2) is 9.11. The van der Waals surface area contributed by atoms with Gasteiger partial charge in [-0.2, -0.15) is 0 Å². The quantitative estimate of drug-likeness (QED) is 0.363. The van der Waals surface area contributed by atoms with Crippen molar-refractivity contribution in [1.82, 2.24) is 4.98 Å². The van der Waals surface area contributed by atoms with Crippen LogP contribution in [0.15, 0.2) is 78.2 Å². The zero-order valence-corrected chi connectivity index (χ0v) is 17.8. The number of carbonyl (C=O) groups is 1. The monoisotopic (exact) mass is 434 g/mol. The van der Waals surface area contributed by atoms with Crippen LogP contribution in [0.4, 0.5) is 5.69 Å². The lowest BCUT2D eigenvalue weighted by molar-refractivity contribution is 0.102. The van der Waals surface area contributed by atoms with Gasteiger partial charge < -0.3 is 10.1 Å². The van der Waals surface area contributed by atoms with Gasteiger partial charge in [0.2, 0.25) is 0 Å². The number of thiazole rings is 1. The number of nitrogens with zero attached hydrogens (tertiary/aromatic N) is 1. The number of carbonyl (C=O) groups excluding carboxylic acids is 1. The molecule has 6 heteroatoms. The molecule has 1 N–H and O–H groups in total. The Hall–Kier alpha value is -3.15. The van der Waals surface area contributed by atoms with Crippen LogP contribution in [0.1, 0.15) is 17.3 Å². The number of rotatable bonds is 6. The predicted octanol–water partition coefficient (Wildman–Crippen LogP) is 6.78. The van der Waals surface area contributed by atoms with Crippen LogP contribution in [0, 0.1) is 0 Å². The predicted molar refractivity (Wildman–Crippen MR) is 124 cm³/mol. The molecular weight excluding hydrogens is 416 g/mol. The molecule has 0 spiro atoms. The van der Waals surface area contributed by atoms with Crippen LogP contribution in [0.25, 0.3) is 21.8 Å². The maximum atomic E-state index is 12.7. The van der Waals surface area contributed by atoms with E-state index < -0.39 is 0 Å². The van der Waals surface area contributed by atoms with E-state index in [0.29, 0.717) is 28.6 Å². The van der Waals surface area contributed by atoms with E-state index in [1.165, 1.54) is 11.3 Å². The highest BCUT2D eigenvalue weighted by molar-refractivity contribution is 7.13. The number of halogens is 1. The summed E-state index contributed by atoms with van der Waals surface area (Å²) in [6, 6.07) is 22.4. The summed E-state index contributed by atoms with van der Waals surface area (Å²) in [6.07, 6.45) is 0. The highest BCUT2D eigenvalue weighted by Crippen LogP contribution is 2.33. The van der Waals surface area contributed by atoms with Crippen molar-refractivity contribution in [1.29, 1.82) is 0 Å². The summed E-state index contributed by atoms with van der Waals surface area (Å²) in [5.74, 6) is 0.484. The van der Waals surface area contributed by atoms with Crippen LogP contribution in [-0.4, -0.2) is 17.5 Å². The van der Waals surface area contributed by atoms with Crippen molar-refractivity contribution in [2.24, 2.45) is 0 Å². The second-order valence-corrected chi connectivity index (χ2v) is 7.78. The molecule has 0 radical (unpaired) electrons. The van der Waals surface area contributed by atoms with Crippen molar-refractivity contribution in [3.05, 3.63) is 88.8 Å². The Morgan fingerprint density at radius 3 is 2.73 bits per heavy atom. The molecule has 1 aromatic heterocycles. The molecule has 0 aliphatic carbocycles. The first-order chi connectivity index (χ1) is 14.6. The maximum absolute atomic E-state index is 12.7. The lowest BCUT2D eigenvalue weighted by atomic mass is 10.1. The van der Waals surface area contributed by atoms with Gasteiger partial charge in [0.05, 0.1) is 17.3 Å². The molecule has 4 aromatic rings. The van der Waals surface area contributed by atoms with E-state index >= 15 is 0 Å². The minimum absolute atomic E-state index is 0.191. The molecule has 0 unspecified atom stereocenters. The van der Waals surface area contributed by atoms with E-state index in [1.807, 2.05) is 73.0 Å². The molecule has 1 amide bonds. The largest absolute Gasteiger partial charge is 0.494 e. The molecule has 1 heterocycles. The van der Waals surface area contributed by atoms with Crippen molar-refractivity contribution in [3.8, 4) is 27.6 Å². The van der Waals surface area contributed by atoms with Gasteiger partial charge in [-0.05, 0) is 43.3 Å². The van der Waals surface area contributed by atoms with Crippen LogP contribution >= 0.6 is 22.9 Å². The number of ether oxygens (including phenoxy) is 1. The number of amides is 1. The number of aromatic nitrogens is 1. The van der Waals surface area contributed by atoms with Gasteiger partial charge in [-0.3, -0.25) is 4.79 Å². The molecule has 4 nitrogen and oxygen atoms in total. The number of anilines is 1. The summed E-state index contributed by atoms with van der Waals surface area (Å²) in [4.78, 5) is 17.4. The van der Waals surface area contributed by atoms with Gasteiger partial charge in [0, 0.05) is 27.8 Å². The second-order valence-electron chi connectivity index (χ2n) is 6.51. The first-order valence-corrected chi connectivity index (χ1v) is 10.7. The topological polar surface area (TPSA) is 51.2 Å². The summed E-state index contributed by atoms with van der Waals surface area (Å²) in [7, 11) is 0. The standard InChI is InChI=1S/C24H19ClN2O2S/c1-2-29-19-10-6-8-17(14-19)23(28)26-18-9-5-7-16(13-18)22-15-30-24(27-22)20-11-3-4-12-21(20)25/h3-15H,2H2,1H3,(H,26,28). The van der Waals surface area contributed by atoms with Crippen molar-refractivity contribution in [2.75, 3.05) is 11.9 Å². The molecule has 4 rings (SSSR count). The Labute approximate surface area is 184 Å². The maximum Gasteiger partial charge on any atom is 0.255 e. The highest BCUT2D eigenvalue weighted by Gasteiger charge is 2.11. The summed E-state index contributed by atoms with van der Waals surface area (Å²) in [5.41, 5.74) is 3.91. The van der Waals surface area contributed by atoms with Crippen LogP contribution in [0.3, 0.4) is 0 Å². The van der Waals surface area contributed by atoms with Gasteiger partial charge in [0.15, 0.2) is 0 Å². The Bertz CT molecular complexity index is 1190. The van der Waals surface area contributed by atoms with Gasteiger partial charge >= 0.3 is 0 Å². The zero-order chi connectivity index (χ0) is 20.9. The first-order valence-electron chi connectivity index (χ1n) is 9.49. The Kier molecular flexibility index (Phi) is 6.12. The average molecular weight is 435 g/mol. The molecule has 0 aliphatic heterocycles. The Morgan fingerprint density at radius 2 is 1.90 bits per heavy atom. The van der Waals surface area contributed by atoms with E-state index in [-0.39, 0.29) is 5.91 Å². The fourth-order valence-corrected chi connectivity index (χ4v) is 4.17. The van der Waals surface area contributed by atoms with Gasteiger partial charge in [0.1, 0.15) is 10.8 Å². The molecular formula is C24H19ClN2O2S. The lowest BCUT2D eigenvalue weighted by Crippen LogP contribution is -2.12. The van der Waals surface area contributed by atoms with E-state index in [4.69, 9.17) is 21.3 Å². The summed E-state index contributed by atoms with van der Waals surface area (Å²) in [6.45, 7) is 2.46. The molecule has 0 atom stereocenters. The summed E-state index contributed by atoms with van der Waals surface area (Å²) < 4.78 is 5.47. The lowest BCUT2D eigenvalue weighted by Gasteiger charge is -2.08. The smallest absolute Gasteiger partial charge is 0.255 e. The molecule has 0 saturated heterocycles. The average Bonchev–Trinajstić information content (AvgIpc) is 3.25. The third-order valence-corrected chi connectivity index (χ3v) is 5.64. The minimum Gasteiger partial charge on any atom is -0.494 e. The van der Waals surface area contributed by atoms with E-state index in [2.05, 4.69) is 5.32 Å². The van der Waals surface area contributed by atoms with Crippen molar-refractivity contribution in [3.63, 3.8) is 0 Å². The Balaban J connectivity index is 1.54. The number of nitrogens with one attached hydrogen (secondary N) is 1. The van der Waals surface area contributed by atoms with Crippen molar-refractivity contribution in [2.45, 2.75) is 6.92 Å². The highest BCUT2D eigenvalue weighted by atomic mass is 35.5. The number of hydrogen-bond acceptors (Lipinski definition) is 4. The first kappa shape index (κ1) is 20.1. The molecule has 150 valence electrons. The summed E-state index contributed by atoms with van der Waals surface area (Å²) >= 11 is 7.83. The fourth-order valence-electron chi connectivity index (χ4n) is 3.02. The fraction of sp³-hybridized carbons (Fsp3) is 0.0833. The van der Waals surface area contributed by atoms with Crippen LogP contribution in [0.2, 0.25) is 5.02 Å². The molecule has 0 bridgehead atoms. The third-order valence-electron chi connectivity index (χ3n) is 4.43. The molecule has 0 aliphatic rings. The number of benzene rings is 3. The normalized spacial score (nSPS) is 10.6. The minimum atomic E-state index is -0.191. The Morgan fingerprint density at radius 1 is 1.07 bits per heavy atom. The van der Waals surface area contributed by atoms with Gasteiger partial charge in [0.25, 0.3) is 5.91 Å². The van der Waals surface area contributed by atoms with Crippen molar-refractivity contribution >= 4 is 34.5 Å². The van der Waals surface area contributed by atoms with Crippen LogP contribution in [0.5, 0.6) is 5.75 Å². The molecule has 0 fully saturated rings. The van der Waals surface area contributed by atoms with Crippen LogP contribution in [-0.2, 0) is 0 Å². The van der Waals surface area contributed by atoms with Gasteiger partial charge in [-0.25, -0.2) is 4.98 Å².